The smallest absolute Gasteiger partial charge is 0.435 e. The van der Waals surface area contributed by atoms with Gasteiger partial charge in [0.2, 0.25) is 0 Å². The summed E-state index contributed by atoms with van der Waals surface area (Å²) in [4.78, 5) is 10.1. The van der Waals surface area contributed by atoms with E-state index in [1.54, 1.807) is 6.92 Å². The van der Waals surface area contributed by atoms with E-state index in [0.29, 0.717) is 6.61 Å². The molecule has 0 unspecified atom stereocenters. The van der Waals surface area contributed by atoms with Crippen molar-refractivity contribution < 1.29 is 14.3 Å². The van der Waals surface area contributed by atoms with Crippen molar-refractivity contribution in [2.45, 2.75) is 6.92 Å². The van der Waals surface area contributed by atoms with E-state index in [-0.39, 0.29) is 6.73 Å². The third-order valence-corrected chi connectivity index (χ3v) is 0.463. The lowest BCUT2D eigenvalue weighted by atomic mass is 10.9. The number of carbonyl (C=O) groups is 1. The fourth-order valence-corrected chi connectivity index (χ4v) is 0.228. The Morgan fingerprint density at radius 3 is 2.62 bits per heavy atom. The second-order valence-corrected chi connectivity index (χ2v) is 0.994. The van der Waals surface area contributed by atoms with Gasteiger partial charge in [-0.25, -0.2) is 4.79 Å². The summed E-state index contributed by atoms with van der Waals surface area (Å²) in [5.41, 5.74) is 4.84. The summed E-state index contributed by atoms with van der Waals surface area (Å²) in [6.07, 6.45) is -0.713. The van der Waals surface area contributed by atoms with Gasteiger partial charge in [-0.15, -0.1) is 0 Å². The number of carbonyl (C=O) groups excluding carboxylic acids is 1. The van der Waals surface area contributed by atoms with E-state index < -0.39 is 6.16 Å². The summed E-state index contributed by atoms with van der Waals surface area (Å²) in [7, 11) is 0. The van der Waals surface area contributed by atoms with Crippen LogP contribution < -0.4 is 5.73 Å². The maximum Gasteiger partial charge on any atom is 0.509 e. The Bertz CT molecular complexity index is 65.7. The van der Waals surface area contributed by atoms with Gasteiger partial charge >= 0.3 is 6.16 Å². The molecule has 0 aliphatic rings. The second kappa shape index (κ2) is 4.39. The first kappa shape index (κ1) is 7.23. The lowest BCUT2D eigenvalue weighted by Crippen LogP contribution is -2.12. The van der Waals surface area contributed by atoms with Gasteiger partial charge in [0.25, 0.3) is 0 Å². The summed E-state index contributed by atoms with van der Waals surface area (Å²) in [6, 6.07) is 0. The van der Waals surface area contributed by atoms with Crippen molar-refractivity contribution in [1.82, 2.24) is 0 Å². The fourth-order valence-electron chi connectivity index (χ4n) is 0.228. The first-order valence-corrected chi connectivity index (χ1v) is 2.31. The highest BCUT2D eigenvalue weighted by molar-refractivity contribution is 5.59. The number of ether oxygens (including phenoxy) is 2. The summed E-state index contributed by atoms with van der Waals surface area (Å²) in [5.74, 6) is 0. The molecule has 4 heteroatoms. The molecule has 0 aromatic heterocycles. The van der Waals surface area contributed by atoms with Crippen molar-refractivity contribution in [1.29, 1.82) is 0 Å². The molecule has 0 amide bonds. The zero-order valence-electron chi connectivity index (χ0n) is 4.72. The minimum atomic E-state index is -0.713. The van der Waals surface area contributed by atoms with Crippen molar-refractivity contribution in [2.24, 2.45) is 5.73 Å². The van der Waals surface area contributed by atoms with Crippen molar-refractivity contribution in [2.75, 3.05) is 13.3 Å². The summed E-state index contributed by atoms with van der Waals surface area (Å²) >= 11 is 0. The van der Waals surface area contributed by atoms with Crippen LogP contribution in [0.5, 0.6) is 0 Å². The SMILES string of the molecule is CCOC(=O)OCN. The Morgan fingerprint density at radius 1 is 1.62 bits per heavy atom. The van der Waals surface area contributed by atoms with Crippen molar-refractivity contribution in [3.05, 3.63) is 0 Å². The van der Waals surface area contributed by atoms with Gasteiger partial charge in [0.1, 0.15) is 6.73 Å². The Labute approximate surface area is 47.6 Å². The molecule has 4 nitrogen and oxygen atoms in total. The van der Waals surface area contributed by atoms with E-state index in [9.17, 15) is 4.79 Å². The quantitative estimate of drug-likeness (QED) is 0.413. The second-order valence-electron chi connectivity index (χ2n) is 0.994. The predicted molar refractivity (Wildman–Crippen MR) is 27.2 cm³/mol. The van der Waals surface area contributed by atoms with E-state index in [1.807, 2.05) is 0 Å². The van der Waals surface area contributed by atoms with Gasteiger partial charge in [-0.1, -0.05) is 0 Å². The van der Waals surface area contributed by atoms with Crippen LogP contribution in [0.3, 0.4) is 0 Å². The highest BCUT2D eigenvalue weighted by Crippen LogP contribution is 1.79. The number of nitrogens with two attached hydrogens (primary N) is 1. The molecule has 0 spiro atoms. The third-order valence-electron chi connectivity index (χ3n) is 0.463. The van der Waals surface area contributed by atoms with Gasteiger partial charge in [0.15, 0.2) is 0 Å². The van der Waals surface area contributed by atoms with E-state index in [4.69, 9.17) is 5.73 Å². The molecule has 48 valence electrons. The normalized spacial score (nSPS) is 8.25. The maximum atomic E-state index is 10.1. The van der Waals surface area contributed by atoms with Crippen molar-refractivity contribution in [3.63, 3.8) is 0 Å². The van der Waals surface area contributed by atoms with Crippen LogP contribution in [0.25, 0.3) is 0 Å². The van der Waals surface area contributed by atoms with Crippen LogP contribution in [0.15, 0.2) is 0 Å². The summed E-state index contributed by atoms with van der Waals surface area (Å²) in [6.45, 7) is 1.88. The Hall–Kier alpha value is -0.770. The minimum absolute atomic E-state index is 0.126. The molecule has 0 aromatic rings. The van der Waals surface area contributed by atoms with Crippen LogP contribution >= 0.6 is 0 Å². The van der Waals surface area contributed by atoms with E-state index in [2.05, 4.69) is 9.47 Å². The third kappa shape index (κ3) is 3.42. The highest BCUT2D eigenvalue weighted by atomic mass is 16.7. The molecule has 0 rings (SSSR count). The van der Waals surface area contributed by atoms with E-state index in [1.165, 1.54) is 0 Å². The predicted octanol–water partition coefficient (Wildman–Crippen LogP) is 0.0757. The van der Waals surface area contributed by atoms with Crippen LogP contribution in [0.4, 0.5) is 4.79 Å². The van der Waals surface area contributed by atoms with Crippen LogP contribution in [0, 0.1) is 0 Å². The minimum Gasteiger partial charge on any atom is -0.435 e. The molecule has 0 radical (unpaired) electrons. The maximum absolute atomic E-state index is 10.1. The molecule has 0 aromatic carbocycles. The van der Waals surface area contributed by atoms with Gasteiger partial charge in [-0.3, -0.25) is 5.73 Å². The van der Waals surface area contributed by atoms with E-state index in [0.717, 1.165) is 0 Å². The highest BCUT2D eigenvalue weighted by Gasteiger charge is 1.96. The molecule has 0 saturated heterocycles. The molecule has 0 heterocycles. The summed E-state index contributed by atoms with van der Waals surface area (Å²) < 4.78 is 8.54. The van der Waals surface area contributed by atoms with Gasteiger partial charge < -0.3 is 9.47 Å². The monoisotopic (exact) mass is 119 g/mol. The van der Waals surface area contributed by atoms with Crippen molar-refractivity contribution in [3.8, 4) is 0 Å². The number of hydrogen-bond acceptors (Lipinski definition) is 4. The zero-order valence-corrected chi connectivity index (χ0v) is 4.72. The molecule has 8 heavy (non-hydrogen) atoms. The Balaban J connectivity index is 3.06. The lowest BCUT2D eigenvalue weighted by molar-refractivity contribution is 0.0610. The van der Waals surface area contributed by atoms with Crippen LogP contribution in [-0.2, 0) is 9.47 Å². The van der Waals surface area contributed by atoms with Crippen LogP contribution in [0.2, 0.25) is 0 Å². The molecule has 0 atom stereocenters. The van der Waals surface area contributed by atoms with Crippen LogP contribution in [-0.4, -0.2) is 19.5 Å². The first-order chi connectivity index (χ1) is 3.81. The Kier molecular flexibility index (Phi) is 3.97. The average Bonchev–Trinajstić information content (AvgIpc) is 1.68. The molecular formula is C4H9NO3. The van der Waals surface area contributed by atoms with Crippen LogP contribution in [0.1, 0.15) is 6.92 Å². The Morgan fingerprint density at radius 2 is 2.25 bits per heavy atom. The molecule has 2 N–H and O–H groups in total. The fraction of sp³-hybridized carbons (Fsp3) is 0.750. The standard InChI is InChI=1S/C4H9NO3/c1-2-7-4(6)8-3-5/h2-3,5H2,1H3. The van der Waals surface area contributed by atoms with Gasteiger partial charge in [0, 0.05) is 0 Å². The number of hydrogen-bond donors (Lipinski definition) is 1. The van der Waals surface area contributed by atoms with Gasteiger partial charge in [-0.05, 0) is 6.92 Å². The molecule has 0 aliphatic heterocycles. The lowest BCUT2D eigenvalue weighted by Gasteiger charge is -1.98. The molecule has 0 saturated carbocycles. The van der Waals surface area contributed by atoms with Crippen molar-refractivity contribution >= 4 is 6.16 Å². The molecule has 0 fully saturated rings. The summed E-state index contributed by atoms with van der Waals surface area (Å²) in [5, 5.41) is 0. The molecule has 0 bridgehead atoms. The largest absolute Gasteiger partial charge is 0.509 e. The average molecular weight is 119 g/mol. The van der Waals surface area contributed by atoms with Gasteiger partial charge in [0.05, 0.1) is 6.61 Å². The molecular weight excluding hydrogens is 110 g/mol. The first-order valence-electron chi connectivity index (χ1n) is 2.31. The zero-order chi connectivity index (χ0) is 6.41. The van der Waals surface area contributed by atoms with E-state index >= 15 is 0 Å². The van der Waals surface area contributed by atoms with Gasteiger partial charge in [-0.2, -0.15) is 0 Å². The number of rotatable bonds is 2. The molecule has 0 aliphatic carbocycles. The topological polar surface area (TPSA) is 61.5 Å².